The van der Waals surface area contributed by atoms with Gasteiger partial charge >= 0.3 is 23.9 Å². The van der Waals surface area contributed by atoms with Gasteiger partial charge in [0.15, 0.2) is 53.6 Å². The molecule has 0 aliphatic heterocycles. The Morgan fingerprint density at radius 2 is 0.402 bits per heavy atom. The highest BCUT2D eigenvalue weighted by atomic mass is 16.7. The molecule has 24 nitrogen and oxygen atoms in total. The maximum absolute atomic E-state index is 13.7. The summed E-state index contributed by atoms with van der Waals surface area (Å²) in [5, 5.41) is 103. The molecule has 8 aromatic rings. The first-order valence-corrected chi connectivity index (χ1v) is 48.0. The number of phenolic OH excluding ortho intramolecular Hbond substituents is 8. The summed E-state index contributed by atoms with van der Waals surface area (Å²) in [6, 6.07) is 36.8. The molecular weight excluding hydrogens is 1680 g/mol. The number of aromatic hydroxyl groups is 8. The van der Waals surface area contributed by atoms with Crippen LogP contribution in [0.3, 0.4) is 0 Å². The van der Waals surface area contributed by atoms with E-state index in [4.69, 9.17) is 56.8 Å². The molecule has 696 valence electrons. The number of carbonyl (C=O) groups excluding carboxylic acids is 4. The fourth-order valence-electron chi connectivity index (χ4n) is 29.6. The van der Waals surface area contributed by atoms with E-state index in [1.165, 1.54) is 101 Å². The lowest BCUT2D eigenvalue weighted by Crippen LogP contribution is -2.48. The van der Waals surface area contributed by atoms with E-state index >= 15 is 0 Å². The number of esters is 4. The van der Waals surface area contributed by atoms with Crippen molar-refractivity contribution in [3.8, 4) is 69.0 Å². The predicted octanol–water partition coefficient (Wildman–Crippen LogP) is 18.8. The molecule has 16 saturated carbocycles. The van der Waals surface area contributed by atoms with Crippen LogP contribution in [0.15, 0.2) is 146 Å². The maximum Gasteiger partial charge on any atom is 0.346 e. The fraction of sp³-hybridized carbons (Fsp3) is 0.519. The number of ether oxygens (including phenoxy) is 12. The second kappa shape index (κ2) is 36.1. The Morgan fingerprint density at radius 1 is 0.235 bits per heavy atom. The van der Waals surface area contributed by atoms with Gasteiger partial charge in [0.2, 0.25) is 0 Å². The van der Waals surface area contributed by atoms with E-state index in [1.807, 2.05) is 0 Å². The molecule has 0 atom stereocenters. The van der Waals surface area contributed by atoms with E-state index in [1.54, 1.807) is 97.1 Å². The van der Waals surface area contributed by atoms with Gasteiger partial charge < -0.3 is 97.7 Å². The molecule has 0 saturated heterocycles. The van der Waals surface area contributed by atoms with Crippen molar-refractivity contribution in [1.82, 2.24) is 0 Å². The van der Waals surface area contributed by atoms with Gasteiger partial charge in [0.05, 0.1) is 26.4 Å². The molecule has 0 amide bonds. The van der Waals surface area contributed by atoms with Gasteiger partial charge in [0.1, 0.15) is 69.0 Å². The van der Waals surface area contributed by atoms with Crippen molar-refractivity contribution in [1.29, 1.82) is 0 Å². The summed E-state index contributed by atoms with van der Waals surface area (Å²) < 4.78 is 72.1. The summed E-state index contributed by atoms with van der Waals surface area (Å²) in [5.41, 5.74) is 1.63. The Balaban J connectivity index is 0.641. The number of rotatable bonds is 32. The zero-order chi connectivity index (χ0) is 90.3. The van der Waals surface area contributed by atoms with Crippen molar-refractivity contribution in [2.24, 2.45) is 92.7 Å². The van der Waals surface area contributed by atoms with Gasteiger partial charge in [-0.2, -0.15) is 0 Å². The Hall–Kier alpha value is -10.9. The van der Waals surface area contributed by atoms with E-state index in [2.05, 4.69) is 0 Å². The van der Waals surface area contributed by atoms with E-state index in [0.29, 0.717) is 120 Å². The molecule has 24 bridgehead atoms. The normalized spacial score (nSPS) is 30.7. The smallest absolute Gasteiger partial charge is 0.346 e. The summed E-state index contributed by atoms with van der Waals surface area (Å²) in [4.78, 5) is 54.9. The predicted molar refractivity (Wildman–Crippen MR) is 481 cm³/mol. The highest BCUT2D eigenvalue weighted by molar-refractivity contribution is 5.74. The van der Waals surface area contributed by atoms with Crippen molar-refractivity contribution in [2.45, 2.75) is 178 Å². The molecule has 17 aliphatic rings. The van der Waals surface area contributed by atoms with Crippen LogP contribution in [0.25, 0.3) is 0 Å². The van der Waals surface area contributed by atoms with Crippen LogP contribution in [-0.4, -0.2) is 145 Å². The number of benzene rings is 8. The molecule has 0 aromatic heterocycles. The van der Waals surface area contributed by atoms with Crippen LogP contribution in [0.1, 0.15) is 245 Å². The first-order chi connectivity index (χ1) is 63.9. The third kappa shape index (κ3) is 18.3. The lowest BCUT2D eigenvalue weighted by molar-refractivity contribution is -0.168. The molecule has 24 heteroatoms. The monoisotopic (exact) mass is 1800 g/mol. The van der Waals surface area contributed by atoms with Crippen molar-refractivity contribution in [2.75, 3.05) is 80.0 Å². The summed E-state index contributed by atoms with van der Waals surface area (Å²) in [6.45, 7) is -1.26. The minimum absolute atomic E-state index is 0.00832. The molecule has 8 aromatic carbocycles. The van der Waals surface area contributed by atoms with Crippen LogP contribution in [0.2, 0.25) is 0 Å². The van der Waals surface area contributed by atoms with Gasteiger partial charge in [-0.05, 0) is 342 Å². The quantitative estimate of drug-likeness (QED) is 0.00840. The SMILES string of the molecule is O=C(COc1cccc(C2c3cc(c(O)cc3O)C(c3cccc(OCC(=O)OCOCC45CC6CC(CC(C6)C4)C5)c3)c3cc(c(O)cc3O)C(c3cccc(OCC(=O)OCOCC45CC6CC(CC(C6)C4)C5)c3)c3cc(c(O)cc3O)C(c3cccc(OCC(=O)OCOCC45CC6CC(CC(C6)C4)C5)c3)c3cc2c(O)cc3O)c1)OCOCC12CC3CC(CC(C3)C1)C2. The Morgan fingerprint density at radius 3 is 0.568 bits per heavy atom. The van der Waals surface area contributed by atoms with Crippen molar-refractivity contribution in [3.05, 3.63) is 212 Å². The van der Waals surface area contributed by atoms with Gasteiger partial charge in [-0.15, -0.1) is 0 Å². The number of fused-ring (bicyclic) bond motifs is 8. The second-order valence-electron chi connectivity index (χ2n) is 42.7. The molecule has 16 fully saturated rings. The van der Waals surface area contributed by atoms with Crippen molar-refractivity contribution >= 4 is 23.9 Å². The van der Waals surface area contributed by atoms with E-state index < -0.39 is 120 Å². The van der Waals surface area contributed by atoms with Crippen LogP contribution in [0, 0.1) is 92.7 Å². The fourth-order valence-corrected chi connectivity index (χ4v) is 29.6. The standard InChI is InChI=1S/C108H120O24/c109-89-33-91(111)83-29-81(89)101(73-5-1-9-77(25-73)125-49-97(117)129-57-121-53-105-37-61-13-62(38-105)15-63(14-61)39-105)82-30-84(92(112)34-90(82)110)103(75-7-3-11-79(27-75)127-51-99(119)131-59-123-55-107-43-67-19-68(44-107)21-69(20-67)45-107)86-32-88(96(116)36-94(86)114)104(76-8-4-12-80(28-76)128-52-100(120)132-60-124-56-108-46-70-22-71(47-108)24-72(23-70)48-108)87-31-85(93(113)35-95(87)115)102(83)74-6-2-10-78(26-74)126-50-98(118)130-58-122-54-106-40-64-16-65(41-106)18-66(17-64)42-106/h1-12,25-36,61-72,101-104,109-116H,13-24,37-60H2. The van der Waals surface area contributed by atoms with Crippen LogP contribution in [0.5, 0.6) is 69.0 Å². The molecule has 0 radical (unpaired) electrons. The zero-order valence-electron chi connectivity index (χ0n) is 74.7. The second-order valence-corrected chi connectivity index (χ2v) is 42.7. The number of hydrogen-bond donors (Lipinski definition) is 8. The third-order valence-corrected chi connectivity index (χ3v) is 32.9. The van der Waals surface area contributed by atoms with E-state index in [-0.39, 0.29) is 116 Å². The van der Waals surface area contributed by atoms with Crippen LogP contribution >= 0.6 is 0 Å². The number of hydrogen-bond acceptors (Lipinski definition) is 24. The highest BCUT2D eigenvalue weighted by Crippen LogP contribution is 2.65. The van der Waals surface area contributed by atoms with Crippen molar-refractivity contribution in [3.63, 3.8) is 0 Å². The van der Waals surface area contributed by atoms with Crippen LogP contribution < -0.4 is 18.9 Å². The Kier molecular flexibility index (Phi) is 24.0. The van der Waals surface area contributed by atoms with Gasteiger partial charge in [-0.1, -0.05) is 48.5 Å². The highest BCUT2D eigenvalue weighted by Gasteiger charge is 2.55. The molecule has 0 spiro atoms. The lowest BCUT2D eigenvalue weighted by Gasteiger charge is -2.56. The minimum Gasteiger partial charge on any atom is -0.507 e. The van der Waals surface area contributed by atoms with Gasteiger partial charge in [-0.3, -0.25) is 0 Å². The summed E-state index contributed by atoms with van der Waals surface area (Å²) in [7, 11) is 0. The lowest BCUT2D eigenvalue weighted by atomic mass is 9.50. The first kappa shape index (κ1) is 87.7. The average molecular weight is 1800 g/mol. The van der Waals surface area contributed by atoms with Crippen LogP contribution in [0.4, 0.5) is 0 Å². The topological polar surface area (TPSA) is 341 Å². The number of phenols is 8. The average Bonchev–Trinajstić information content (AvgIpc) is 0.731. The molecule has 0 heterocycles. The van der Waals surface area contributed by atoms with E-state index in [9.17, 15) is 60.0 Å². The molecule has 25 rings (SSSR count). The first-order valence-electron chi connectivity index (χ1n) is 48.0. The maximum atomic E-state index is 13.7. The molecule has 132 heavy (non-hydrogen) atoms. The summed E-state index contributed by atoms with van der Waals surface area (Å²) >= 11 is 0. The van der Waals surface area contributed by atoms with Crippen LogP contribution in [-0.2, 0) is 57.1 Å². The largest absolute Gasteiger partial charge is 0.507 e. The number of carbonyl (C=O) groups is 4. The summed E-state index contributed by atoms with van der Waals surface area (Å²) in [5.74, 6) is -3.30. The molecular formula is C108H120O24. The third-order valence-electron chi connectivity index (χ3n) is 32.9. The zero-order valence-corrected chi connectivity index (χ0v) is 74.7. The van der Waals surface area contributed by atoms with Gasteiger partial charge in [0, 0.05) is 92.4 Å². The Labute approximate surface area is 768 Å². The van der Waals surface area contributed by atoms with Crippen molar-refractivity contribution < 1.29 is 117 Å². The molecule has 17 aliphatic carbocycles. The summed E-state index contributed by atoms with van der Waals surface area (Å²) in [6.07, 6.45) is 28.7. The minimum atomic E-state index is -1.36. The Bertz CT molecular complexity index is 4750. The van der Waals surface area contributed by atoms with E-state index in [0.717, 1.165) is 101 Å². The molecule has 8 N–H and O–H groups in total. The van der Waals surface area contributed by atoms with Gasteiger partial charge in [-0.25, -0.2) is 19.2 Å². The molecule has 0 unspecified atom stereocenters. The van der Waals surface area contributed by atoms with Gasteiger partial charge in [0.25, 0.3) is 0 Å².